The minimum Gasteiger partial charge on any atom is -1.00 e. The van der Waals surface area contributed by atoms with Crippen LogP contribution < -0.4 is 17.0 Å². The van der Waals surface area contributed by atoms with Gasteiger partial charge < -0.3 is 22.3 Å². The van der Waals surface area contributed by atoms with E-state index in [2.05, 4.69) is 5.32 Å². The van der Waals surface area contributed by atoms with Crippen molar-refractivity contribution in [3.8, 4) is 0 Å². The van der Waals surface area contributed by atoms with E-state index in [9.17, 15) is 0 Å². The number of rotatable bonds is 0. The quantitative estimate of drug-likeness (QED) is 0.331. The van der Waals surface area contributed by atoms with Crippen LogP contribution in [0.15, 0.2) is 0 Å². The third-order valence-electron chi connectivity index (χ3n) is 0. The van der Waals surface area contributed by atoms with Gasteiger partial charge in [0.2, 0.25) is 0 Å². The molecule has 0 aromatic rings. The van der Waals surface area contributed by atoms with Crippen LogP contribution in [-0.2, 0) is 0 Å². The van der Waals surface area contributed by atoms with E-state index >= 15 is 0 Å². The summed E-state index contributed by atoms with van der Waals surface area (Å²) in [5.41, 5.74) is 0. The summed E-state index contributed by atoms with van der Waals surface area (Å²) in [7, 11) is 3.50. The largest absolute Gasteiger partial charge is 2.00 e. The zero-order valence-corrected chi connectivity index (χ0v) is 6.53. The minimum absolute atomic E-state index is 0. The molecule has 28 valence electrons. The Bertz CT molecular complexity index is 9.61. The molecule has 0 bridgehead atoms. The van der Waals surface area contributed by atoms with E-state index in [1.165, 1.54) is 0 Å². The molecule has 0 aliphatic rings. The van der Waals surface area contributed by atoms with E-state index in [1.807, 2.05) is 0 Å². The molecule has 0 fully saturated rings. The Morgan fingerprint density at radius 2 is 1.20 bits per heavy atom. The Balaban J connectivity index is -0.0000000200. The third-order valence-corrected chi connectivity index (χ3v) is 0. The van der Waals surface area contributed by atoms with Crippen molar-refractivity contribution in [1.82, 2.24) is 0 Å². The summed E-state index contributed by atoms with van der Waals surface area (Å²) in [6.07, 6.45) is 0. The Labute approximate surface area is 59.4 Å². The molecular formula is C2H6BrMgN. The number of hydrogen-bond acceptors (Lipinski definition) is 0. The fourth-order valence-electron chi connectivity index (χ4n) is 0. The Morgan fingerprint density at radius 1 is 1.20 bits per heavy atom. The van der Waals surface area contributed by atoms with Gasteiger partial charge in [-0.15, -0.1) is 0 Å². The fraction of sp³-hybridized carbons (Fsp3) is 1.00. The predicted molar refractivity (Wildman–Crippen MR) is 21.0 cm³/mol. The van der Waals surface area contributed by atoms with E-state index in [-0.39, 0.29) is 40.0 Å². The van der Waals surface area contributed by atoms with E-state index < -0.39 is 0 Å². The molecule has 1 nitrogen and oxygen atoms in total. The van der Waals surface area contributed by atoms with Crippen molar-refractivity contribution in [3.05, 3.63) is 5.32 Å². The van der Waals surface area contributed by atoms with Gasteiger partial charge in [-0.05, 0) is 0 Å². The second-order valence-electron chi connectivity index (χ2n) is 0.447. The maximum absolute atomic E-state index is 3.50. The fourth-order valence-corrected chi connectivity index (χ4v) is 0. The third kappa shape index (κ3) is 36.8. The first kappa shape index (κ1) is 16.4. The standard InChI is InChI=1S/C2H6N.BrH.Mg/c1-3-2;;/h1-2H3;1H;/q-1;;+2/p-1. The zero-order valence-electron chi connectivity index (χ0n) is 3.53. The Morgan fingerprint density at radius 3 is 1.20 bits per heavy atom. The predicted octanol–water partition coefficient (Wildman–Crippen LogP) is -2.76. The van der Waals surface area contributed by atoms with Gasteiger partial charge in [0.1, 0.15) is 0 Å². The van der Waals surface area contributed by atoms with Crippen molar-refractivity contribution in [2.75, 3.05) is 14.1 Å². The topological polar surface area (TPSA) is 14.1 Å². The van der Waals surface area contributed by atoms with Crippen LogP contribution in [-0.4, -0.2) is 37.1 Å². The van der Waals surface area contributed by atoms with Crippen LogP contribution in [0.4, 0.5) is 0 Å². The van der Waals surface area contributed by atoms with Crippen molar-refractivity contribution < 1.29 is 17.0 Å². The van der Waals surface area contributed by atoms with Crippen LogP contribution in [0.25, 0.3) is 5.32 Å². The molecule has 0 aliphatic carbocycles. The average Bonchev–Trinajstić information content (AvgIpc) is 0.918. The molecule has 0 aromatic heterocycles. The van der Waals surface area contributed by atoms with Gasteiger partial charge in [0.25, 0.3) is 0 Å². The molecule has 0 aliphatic heterocycles. The van der Waals surface area contributed by atoms with E-state index in [0.29, 0.717) is 0 Å². The summed E-state index contributed by atoms with van der Waals surface area (Å²) in [4.78, 5) is 0. The van der Waals surface area contributed by atoms with E-state index in [4.69, 9.17) is 0 Å². The molecule has 0 unspecified atom stereocenters. The first-order valence-electron chi connectivity index (χ1n) is 0.894. The number of halogens is 1. The van der Waals surface area contributed by atoms with Gasteiger partial charge in [0, 0.05) is 0 Å². The van der Waals surface area contributed by atoms with Crippen molar-refractivity contribution >= 4 is 23.1 Å². The van der Waals surface area contributed by atoms with Crippen molar-refractivity contribution in [2.24, 2.45) is 0 Å². The molecule has 0 saturated carbocycles. The molecule has 0 heterocycles. The normalized spacial score (nSPS) is 3.60. The second kappa shape index (κ2) is 18.9. The Kier molecular flexibility index (Phi) is 61.9. The molecule has 0 aromatic carbocycles. The zero-order chi connectivity index (χ0) is 2.71. The van der Waals surface area contributed by atoms with Crippen LogP contribution in [0.5, 0.6) is 0 Å². The summed E-state index contributed by atoms with van der Waals surface area (Å²) >= 11 is 0. The monoisotopic (exact) mass is 147 g/mol. The maximum Gasteiger partial charge on any atom is 2.00 e. The maximum atomic E-state index is 3.50. The van der Waals surface area contributed by atoms with Crippen LogP contribution in [0, 0.1) is 0 Å². The summed E-state index contributed by atoms with van der Waals surface area (Å²) in [6.45, 7) is 0. The molecule has 0 radical (unpaired) electrons. The molecule has 0 saturated heterocycles. The van der Waals surface area contributed by atoms with Crippen LogP contribution in [0.3, 0.4) is 0 Å². The second-order valence-corrected chi connectivity index (χ2v) is 0.447. The van der Waals surface area contributed by atoms with Gasteiger partial charge >= 0.3 is 23.1 Å². The molecule has 0 atom stereocenters. The van der Waals surface area contributed by atoms with Gasteiger partial charge in [0.05, 0.1) is 0 Å². The van der Waals surface area contributed by atoms with Crippen LogP contribution >= 0.6 is 0 Å². The first-order valence-corrected chi connectivity index (χ1v) is 0.894. The first-order chi connectivity index (χ1) is 1.41. The molecule has 0 rings (SSSR count). The van der Waals surface area contributed by atoms with Crippen molar-refractivity contribution in [1.29, 1.82) is 0 Å². The molecule has 5 heavy (non-hydrogen) atoms. The average molecular weight is 148 g/mol. The van der Waals surface area contributed by atoms with Crippen molar-refractivity contribution in [2.45, 2.75) is 0 Å². The van der Waals surface area contributed by atoms with Gasteiger partial charge in [0.15, 0.2) is 0 Å². The van der Waals surface area contributed by atoms with Gasteiger partial charge in [-0.25, -0.2) is 0 Å². The minimum atomic E-state index is 0. The van der Waals surface area contributed by atoms with Gasteiger partial charge in [-0.3, -0.25) is 0 Å². The van der Waals surface area contributed by atoms with Crippen molar-refractivity contribution in [3.63, 3.8) is 0 Å². The molecule has 3 heteroatoms. The smallest absolute Gasteiger partial charge is 1.00 e. The van der Waals surface area contributed by atoms with Crippen LogP contribution in [0.2, 0.25) is 0 Å². The summed E-state index contributed by atoms with van der Waals surface area (Å²) < 4.78 is 0. The molecule has 0 amide bonds. The molecular weight excluding hydrogens is 142 g/mol. The Hall–Kier alpha value is 1.21. The number of nitrogens with zero attached hydrogens (tertiary/aromatic N) is 1. The molecule has 0 N–H and O–H groups in total. The van der Waals surface area contributed by atoms with E-state index in [0.717, 1.165) is 0 Å². The van der Waals surface area contributed by atoms with Gasteiger partial charge in [-0.1, -0.05) is 0 Å². The summed E-state index contributed by atoms with van der Waals surface area (Å²) in [5, 5.41) is 3.50. The van der Waals surface area contributed by atoms with E-state index in [1.54, 1.807) is 14.1 Å². The SMILES string of the molecule is C[N-]C.[Br-].[Mg+2]. The summed E-state index contributed by atoms with van der Waals surface area (Å²) in [5.74, 6) is 0. The summed E-state index contributed by atoms with van der Waals surface area (Å²) in [6, 6.07) is 0. The van der Waals surface area contributed by atoms with Crippen LogP contribution in [0.1, 0.15) is 0 Å². The number of hydrogen-bond donors (Lipinski definition) is 0. The molecule has 0 spiro atoms. The van der Waals surface area contributed by atoms with Gasteiger partial charge in [-0.2, -0.15) is 14.1 Å².